The van der Waals surface area contributed by atoms with E-state index < -0.39 is 0 Å². The second-order valence-electron chi connectivity index (χ2n) is 5.38. The second-order valence-corrected chi connectivity index (χ2v) is 5.38. The quantitative estimate of drug-likeness (QED) is 0.810. The molecule has 8 nitrogen and oxygen atoms in total. The fraction of sp³-hybridized carbons (Fsp3) is 0.533. The van der Waals surface area contributed by atoms with Crippen LogP contribution in [0, 0.1) is 6.92 Å². The normalized spacial score (nSPS) is 12.2. The minimum atomic E-state index is -0.254. The van der Waals surface area contributed by atoms with E-state index in [0.29, 0.717) is 35.7 Å². The molecule has 2 heterocycles. The van der Waals surface area contributed by atoms with Gasteiger partial charge in [-0.15, -0.1) is 0 Å². The van der Waals surface area contributed by atoms with Crippen LogP contribution in [0.15, 0.2) is 11.1 Å². The molecular formula is C15H22N6O2. The summed E-state index contributed by atoms with van der Waals surface area (Å²) in [6.45, 7) is 5.61. The highest BCUT2D eigenvalue weighted by Crippen LogP contribution is 2.13. The number of carbonyl (C=O) groups excluding carboxylic acids is 1. The summed E-state index contributed by atoms with van der Waals surface area (Å²) in [6.07, 6.45) is 2.77. The monoisotopic (exact) mass is 318 g/mol. The van der Waals surface area contributed by atoms with Crippen LogP contribution in [0.3, 0.4) is 0 Å². The first-order chi connectivity index (χ1) is 11.0. The van der Waals surface area contributed by atoms with Crippen molar-refractivity contribution < 1.29 is 4.79 Å². The Balaban J connectivity index is 2.13. The third-order valence-corrected chi connectivity index (χ3v) is 3.75. The molecule has 0 unspecified atom stereocenters. The topological polar surface area (TPSA) is 106 Å². The highest BCUT2D eigenvalue weighted by molar-refractivity contribution is 5.79. The summed E-state index contributed by atoms with van der Waals surface area (Å²) in [5, 5.41) is 6.91. The van der Waals surface area contributed by atoms with Crippen molar-refractivity contribution in [3.8, 4) is 0 Å². The summed E-state index contributed by atoms with van der Waals surface area (Å²) < 4.78 is 1.63. The number of rotatable bonds is 6. The molecule has 1 atom stereocenters. The van der Waals surface area contributed by atoms with Crippen LogP contribution < -0.4 is 10.9 Å². The standard InChI is InChI=1S/C15H22N6O2/c1-5-11(14-16-8-17-21(14)4)19-13(22)7-10-9(3)18-12(6-2)20-15(10)23/h8,11H,5-7H2,1-4H3,(H,19,22)(H,18,20,23)/t11-/m1/s1. The van der Waals surface area contributed by atoms with E-state index in [-0.39, 0.29) is 23.9 Å². The Morgan fingerprint density at radius 3 is 2.70 bits per heavy atom. The molecule has 2 aromatic rings. The zero-order valence-corrected chi connectivity index (χ0v) is 13.9. The van der Waals surface area contributed by atoms with Crippen LogP contribution in [0.4, 0.5) is 0 Å². The number of nitrogens with one attached hydrogen (secondary N) is 2. The van der Waals surface area contributed by atoms with E-state index in [1.807, 2.05) is 13.8 Å². The SMILES string of the molecule is CCc1nc(C)c(CC(=O)N[C@H](CC)c2ncnn2C)c(=O)[nH]1. The molecule has 124 valence electrons. The van der Waals surface area contributed by atoms with Crippen molar-refractivity contribution in [1.29, 1.82) is 0 Å². The number of aromatic amines is 1. The first-order valence-electron chi connectivity index (χ1n) is 7.68. The molecule has 0 saturated heterocycles. The van der Waals surface area contributed by atoms with E-state index in [2.05, 4.69) is 25.4 Å². The summed E-state index contributed by atoms with van der Waals surface area (Å²) >= 11 is 0. The van der Waals surface area contributed by atoms with Crippen molar-refractivity contribution in [3.05, 3.63) is 39.6 Å². The van der Waals surface area contributed by atoms with Gasteiger partial charge in [-0.1, -0.05) is 13.8 Å². The van der Waals surface area contributed by atoms with Gasteiger partial charge in [0.25, 0.3) is 5.56 Å². The van der Waals surface area contributed by atoms with Gasteiger partial charge in [-0.2, -0.15) is 5.10 Å². The fourth-order valence-corrected chi connectivity index (χ4v) is 2.42. The van der Waals surface area contributed by atoms with Crippen LogP contribution in [0.1, 0.15) is 49.2 Å². The summed E-state index contributed by atoms with van der Waals surface area (Å²) in [4.78, 5) is 35.6. The Morgan fingerprint density at radius 1 is 1.43 bits per heavy atom. The van der Waals surface area contributed by atoms with Gasteiger partial charge in [0.15, 0.2) is 0 Å². The van der Waals surface area contributed by atoms with E-state index in [9.17, 15) is 9.59 Å². The lowest BCUT2D eigenvalue weighted by atomic mass is 10.1. The second kappa shape index (κ2) is 7.17. The van der Waals surface area contributed by atoms with Gasteiger partial charge in [0, 0.05) is 24.7 Å². The van der Waals surface area contributed by atoms with Gasteiger partial charge in [0.2, 0.25) is 5.91 Å². The van der Waals surface area contributed by atoms with Crippen LogP contribution in [-0.2, 0) is 24.7 Å². The van der Waals surface area contributed by atoms with Gasteiger partial charge >= 0.3 is 0 Å². The van der Waals surface area contributed by atoms with Crippen molar-refractivity contribution in [2.45, 2.75) is 46.1 Å². The number of aromatic nitrogens is 5. The maximum atomic E-state index is 12.3. The van der Waals surface area contributed by atoms with Crippen LogP contribution in [0.25, 0.3) is 0 Å². The third-order valence-electron chi connectivity index (χ3n) is 3.75. The summed E-state index contributed by atoms with van der Waals surface area (Å²) in [6, 6.07) is -0.239. The van der Waals surface area contributed by atoms with Gasteiger partial charge in [0.1, 0.15) is 18.0 Å². The Kier molecular flexibility index (Phi) is 5.25. The minimum Gasteiger partial charge on any atom is -0.346 e. The van der Waals surface area contributed by atoms with Gasteiger partial charge < -0.3 is 10.3 Å². The Labute approximate surface area is 134 Å². The molecule has 2 aromatic heterocycles. The molecule has 0 spiro atoms. The van der Waals surface area contributed by atoms with E-state index in [1.165, 1.54) is 6.33 Å². The number of carbonyl (C=O) groups is 1. The van der Waals surface area contributed by atoms with Crippen LogP contribution >= 0.6 is 0 Å². The maximum absolute atomic E-state index is 12.3. The predicted octanol–water partition coefficient (Wildman–Crippen LogP) is 0.579. The lowest BCUT2D eigenvalue weighted by Crippen LogP contribution is -2.33. The largest absolute Gasteiger partial charge is 0.346 e. The van der Waals surface area contributed by atoms with Crippen molar-refractivity contribution in [3.63, 3.8) is 0 Å². The Hall–Kier alpha value is -2.51. The Bertz CT molecular complexity index is 749. The van der Waals surface area contributed by atoms with Crippen molar-refractivity contribution >= 4 is 5.91 Å². The molecule has 1 amide bonds. The van der Waals surface area contributed by atoms with Gasteiger partial charge in [-0.05, 0) is 13.3 Å². The van der Waals surface area contributed by atoms with Crippen molar-refractivity contribution in [2.75, 3.05) is 0 Å². The first kappa shape index (κ1) is 16.9. The molecule has 0 fully saturated rings. The highest BCUT2D eigenvalue weighted by atomic mass is 16.2. The van der Waals surface area contributed by atoms with Crippen molar-refractivity contribution in [1.82, 2.24) is 30.0 Å². The minimum absolute atomic E-state index is 0.00743. The van der Waals surface area contributed by atoms with E-state index >= 15 is 0 Å². The van der Waals surface area contributed by atoms with E-state index in [1.54, 1.807) is 18.7 Å². The number of amides is 1. The van der Waals surface area contributed by atoms with Crippen LogP contribution in [-0.4, -0.2) is 30.6 Å². The molecule has 2 rings (SSSR count). The number of hydrogen-bond donors (Lipinski definition) is 2. The van der Waals surface area contributed by atoms with E-state index in [0.717, 1.165) is 0 Å². The molecule has 8 heteroatoms. The van der Waals surface area contributed by atoms with Gasteiger partial charge in [-0.3, -0.25) is 14.3 Å². The summed E-state index contributed by atoms with van der Waals surface area (Å²) in [5.41, 5.74) is 0.733. The number of aryl methyl sites for hydroxylation is 3. The zero-order valence-electron chi connectivity index (χ0n) is 13.9. The smallest absolute Gasteiger partial charge is 0.254 e. The van der Waals surface area contributed by atoms with Crippen molar-refractivity contribution in [2.24, 2.45) is 7.05 Å². The molecule has 0 aliphatic rings. The molecule has 0 aliphatic heterocycles. The number of nitrogens with zero attached hydrogens (tertiary/aromatic N) is 4. The number of hydrogen-bond acceptors (Lipinski definition) is 5. The molecule has 0 radical (unpaired) electrons. The average molecular weight is 318 g/mol. The molecular weight excluding hydrogens is 296 g/mol. The zero-order chi connectivity index (χ0) is 17.0. The highest BCUT2D eigenvalue weighted by Gasteiger charge is 2.19. The molecule has 23 heavy (non-hydrogen) atoms. The summed E-state index contributed by atoms with van der Waals surface area (Å²) in [7, 11) is 1.78. The first-order valence-corrected chi connectivity index (χ1v) is 7.68. The molecule has 2 N–H and O–H groups in total. The Morgan fingerprint density at radius 2 is 2.17 bits per heavy atom. The molecule has 0 bridgehead atoms. The van der Waals surface area contributed by atoms with E-state index in [4.69, 9.17) is 0 Å². The number of H-pyrrole nitrogens is 1. The average Bonchev–Trinajstić information content (AvgIpc) is 2.94. The van der Waals surface area contributed by atoms with Gasteiger partial charge in [0.05, 0.1) is 12.5 Å². The summed E-state index contributed by atoms with van der Waals surface area (Å²) in [5.74, 6) is 1.08. The molecule has 0 saturated carbocycles. The van der Waals surface area contributed by atoms with Crippen LogP contribution in [0.5, 0.6) is 0 Å². The predicted molar refractivity (Wildman–Crippen MR) is 84.9 cm³/mol. The fourth-order valence-electron chi connectivity index (χ4n) is 2.42. The molecule has 0 aromatic carbocycles. The lowest BCUT2D eigenvalue weighted by molar-refractivity contribution is -0.121. The maximum Gasteiger partial charge on any atom is 0.254 e. The van der Waals surface area contributed by atoms with Crippen LogP contribution in [0.2, 0.25) is 0 Å². The molecule has 0 aliphatic carbocycles. The van der Waals surface area contributed by atoms with Gasteiger partial charge in [-0.25, -0.2) is 9.97 Å². The lowest BCUT2D eigenvalue weighted by Gasteiger charge is -2.16. The third kappa shape index (κ3) is 3.82.